The molecule has 4 unspecified atom stereocenters. The standard InChI is InChI=1S/C17H23FN2O.ClH/c18-13-7-5-11(6-8-13)14-9-15(14)17(21)20-16-4-2-1-3-12(16)10-19;/h5-8,12,14-16H,1-4,9-10,19H2,(H,20,21);1H. The zero-order valence-electron chi connectivity index (χ0n) is 12.6. The van der Waals surface area contributed by atoms with Crippen molar-refractivity contribution in [2.75, 3.05) is 6.54 Å². The molecule has 0 aliphatic heterocycles. The number of hydrogen-bond donors (Lipinski definition) is 2. The number of nitrogens with two attached hydrogens (primary N) is 1. The second kappa shape index (κ2) is 7.42. The van der Waals surface area contributed by atoms with Crippen molar-refractivity contribution in [3.8, 4) is 0 Å². The number of hydrogen-bond acceptors (Lipinski definition) is 2. The Morgan fingerprint density at radius 2 is 1.91 bits per heavy atom. The minimum atomic E-state index is -0.228. The third-order valence-electron chi connectivity index (χ3n) is 4.96. The number of nitrogens with one attached hydrogen (secondary N) is 1. The molecule has 122 valence electrons. The molecule has 3 N–H and O–H groups in total. The van der Waals surface area contributed by atoms with Gasteiger partial charge in [0.05, 0.1) is 0 Å². The maximum atomic E-state index is 12.9. The Morgan fingerprint density at radius 1 is 1.23 bits per heavy atom. The first-order valence-electron chi connectivity index (χ1n) is 7.95. The van der Waals surface area contributed by atoms with E-state index in [1.807, 2.05) is 0 Å². The van der Waals surface area contributed by atoms with Crippen molar-refractivity contribution >= 4 is 18.3 Å². The van der Waals surface area contributed by atoms with Gasteiger partial charge >= 0.3 is 0 Å². The molecule has 2 saturated carbocycles. The first-order valence-corrected chi connectivity index (χ1v) is 7.95. The van der Waals surface area contributed by atoms with Gasteiger partial charge in [0.1, 0.15) is 5.82 Å². The molecule has 2 aliphatic rings. The molecule has 22 heavy (non-hydrogen) atoms. The molecular formula is C17H24ClFN2O. The highest BCUT2D eigenvalue weighted by molar-refractivity contribution is 5.85. The van der Waals surface area contributed by atoms with E-state index in [2.05, 4.69) is 5.32 Å². The fraction of sp³-hybridized carbons (Fsp3) is 0.588. The predicted octanol–water partition coefficient (Wildman–Crippen LogP) is 2.98. The first kappa shape index (κ1) is 17.2. The SMILES string of the molecule is Cl.NCC1CCCCC1NC(=O)C1CC1c1ccc(F)cc1. The molecule has 2 aliphatic carbocycles. The lowest BCUT2D eigenvalue weighted by molar-refractivity contribution is -0.123. The molecule has 0 spiro atoms. The van der Waals surface area contributed by atoms with E-state index in [9.17, 15) is 9.18 Å². The van der Waals surface area contributed by atoms with Crippen molar-refractivity contribution in [2.45, 2.75) is 44.1 Å². The van der Waals surface area contributed by atoms with Crippen LogP contribution in [-0.2, 0) is 4.79 Å². The average Bonchev–Trinajstić information content (AvgIpc) is 3.29. The topological polar surface area (TPSA) is 55.1 Å². The van der Waals surface area contributed by atoms with Gasteiger partial charge in [-0.25, -0.2) is 4.39 Å². The van der Waals surface area contributed by atoms with Crippen LogP contribution in [0.15, 0.2) is 24.3 Å². The minimum absolute atomic E-state index is 0. The summed E-state index contributed by atoms with van der Waals surface area (Å²) in [7, 11) is 0. The van der Waals surface area contributed by atoms with E-state index in [1.54, 1.807) is 12.1 Å². The number of amides is 1. The highest BCUT2D eigenvalue weighted by atomic mass is 35.5. The van der Waals surface area contributed by atoms with E-state index < -0.39 is 0 Å². The number of carbonyl (C=O) groups is 1. The summed E-state index contributed by atoms with van der Waals surface area (Å²) >= 11 is 0. The van der Waals surface area contributed by atoms with Crippen molar-refractivity contribution in [1.29, 1.82) is 0 Å². The summed E-state index contributed by atoms with van der Waals surface area (Å²) < 4.78 is 12.9. The second-order valence-corrected chi connectivity index (χ2v) is 6.40. The molecular weight excluding hydrogens is 303 g/mol. The second-order valence-electron chi connectivity index (χ2n) is 6.40. The van der Waals surface area contributed by atoms with Gasteiger partial charge in [0.25, 0.3) is 0 Å². The Labute approximate surface area is 137 Å². The monoisotopic (exact) mass is 326 g/mol. The molecule has 0 heterocycles. The van der Waals surface area contributed by atoms with Gasteiger partial charge in [0.2, 0.25) is 5.91 Å². The van der Waals surface area contributed by atoms with Gasteiger partial charge in [-0.15, -0.1) is 12.4 Å². The third kappa shape index (κ3) is 3.79. The van der Waals surface area contributed by atoms with Gasteiger partial charge in [-0.3, -0.25) is 4.79 Å². The van der Waals surface area contributed by atoms with Gasteiger partial charge in [-0.05, 0) is 55.3 Å². The fourth-order valence-electron chi connectivity index (χ4n) is 3.53. The predicted molar refractivity (Wildman–Crippen MR) is 87.4 cm³/mol. The largest absolute Gasteiger partial charge is 0.353 e. The van der Waals surface area contributed by atoms with Crippen LogP contribution in [0.1, 0.15) is 43.6 Å². The molecule has 0 aromatic heterocycles. The summed E-state index contributed by atoms with van der Waals surface area (Å²) in [5, 5.41) is 3.20. The van der Waals surface area contributed by atoms with E-state index in [1.165, 1.54) is 25.0 Å². The maximum Gasteiger partial charge on any atom is 0.223 e. The molecule has 5 heteroatoms. The summed E-state index contributed by atoms with van der Waals surface area (Å²) in [6, 6.07) is 6.75. The van der Waals surface area contributed by atoms with Gasteiger partial charge in [-0.2, -0.15) is 0 Å². The molecule has 1 amide bonds. The smallest absolute Gasteiger partial charge is 0.223 e. The average molecular weight is 327 g/mol. The Bertz CT molecular complexity index is 508. The Morgan fingerprint density at radius 3 is 2.59 bits per heavy atom. The summed E-state index contributed by atoms with van der Waals surface area (Å²) in [6.45, 7) is 0.650. The minimum Gasteiger partial charge on any atom is -0.353 e. The first-order chi connectivity index (χ1) is 10.2. The van der Waals surface area contributed by atoms with E-state index in [-0.39, 0.29) is 42.0 Å². The Hall–Kier alpha value is -1.13. The zero-order chi connectivity index (χ0) is 14.8. The van der Waals surface area contributed by atoms with Gasteiger partial charge in [0, 0.05) is 12.0 Å². The molecule has 1 aromatic carbocycles. The lowest BCUT2D eigenvalue weighted by Gasteiger charge is -2.31. The van der Waals surface area contributed by atoms with Crippen LogP contribution in [-0.4, -0.2) is 18.5 Å². The summed E-state index contributed by atoms with van der Waals surface area (Å²) in [4.78, 5) is 12.4. The van der Waals surface area contributed by atoms with Gasteiger partial charge < -0.3 is 11.1 Å². The van der Waals surface area contributed by atoms with Crippen molar-refractivity contribution in [1.82, 2.24) is 5.32 Å². The molecule has 2 fully saturated rings. The van der Waals surface area contributed by atoms with Crippen LogP contribution in [0.2, 0.25) is 0 Å². The molecule has 0 saturated heterocycles. The molecule has 0 bridgehead atoms. The fourth-order valence-corrected chi connectivity index (χ4v) is 3.53. The van der Waals surface area contributed by atoms with Crippen LogP contribution in [0.4, 0.5) is 4.39 Å². The summed E-state index contributed by atoms with van der Waals surface area (Å²) in [5.74, 6) is 0.648. The van der Waals surface area contributed by atoms with Crippen LogP contribution >= 0.6 is 12.4 Å². The van der Waals surface area contributed by atoms with E-state index in [0.717, 1.165) is 24.8 Å². The molecule has 1 aromatic rings. The number of benzene rings is 1. The Kier molecular flexibility index (Phi) is 5.81. The van der Waals surface area contributed by atoms with Crippen molar-refractivity contribution in [3.63, 3.8) is 0 Å². The number of rotatable bonds is 4. The highest BCUT2D eigenvalue weighted by Crippen LogP contribution is 2.47. The summed E-state index contributed by atoms with van der Waals surface area (Å²) in [5.41, 5.74) is 6.87. The van der Waals surface area contributed by atoms with Gasteiger partial charge in [0.15, 0.2) is 0 Å². The zero-order valence-corrected chi connectivity index (χ0v) is 13.4. The van der Waals surface area contributed by atoms with E-state index >= 15 is 0 Å². The van der Waals surface area contributed by atoms with Crippen molar-refractivity contribution in [3.05, 3.63) is 35.6 Å². The highest BCUT2D eigenvalue weighted by Gasteiger charge is 2.44. The number of carbonyl (C=O) groups excluding carboxylic acids is 1. The van der Waals surface area contributed by atoms with Crippen LogP contribution in [0.3, 0.4) is 0 Å². The molecule has 3 rings (SSSR count). The van der Waals surface area contributed by atoms with E-state index in [0.29, 0.717) is 12.5 Å². The summed E-state index contributed by atoms with van der Waals surface area (Å²) in [6.07, 6.45) is 5.43. The van der Waals surface area contributed by atoms with Crippen molar-refractivity contribution in [2.24, 2.45) is 17.6 Å². The molecule has 4 atom stereocenters. The lowest BCUT2D eigenvalue weighted by Crippen LogP contribution is -2.45. The van der Waals surface area contributed by atoms with E-state index in [4.69, 9.17) is 5.73 Å². The lowest BCUT2D eigenvalue weighted by atomic mass is 9.84. The molecule has 3 nitrogen and oxygen atoms in total. The normalized spacial score (nSPS) is 30.3. The van der Waals surface area contributed by atoms with Crippen LogP contribution in [0.5, 0.6) is 0 Å². The van der Waals surface area contributed by atoms with Gasteiger partial charge in [-0.1, -0.05) is 25.0 Å². The van der Waals surface area contributed by atoms with Crippen LogP contribution < -0.4 is 11.1 Å². The van der Waals surface area contributed by atoms with Crippen LogP contribution in [0, 0.1) is 17.7 Å². The third-order valence-corrected chi connectivity index (χ3v) is 4.96. The number of halogens is 2. The van der Waals surface area contributed by atoms with Crippen LogP contribution in [0.25, 0.3) is 0 Å². The quantitative estimate of drug-likeness (QED) is 0.893. The maximum absolute atomic E-state index is 12.9. The Balaban J connectivity index is 0.00000176. The molecule has 0 radical (unpaired) electrons. The van der Waals surface area contributed by atoms with Crippen molar-refractivity contribution < 1.29 is 9.18 Å².